The molecule has 27 heavy (non-hydrogen) atoms. The highest BCUT2D eigenvalue weighted by molar-refractivity contribution is 5.97. The van der Waals surface area contributed by atoms with Gasteiger partial charge in [0.15, 0.2) is 0 Å². The van der Waals surface area contributed by atoms with Crippen LogP contribution in [0.15, 0.2) is 42.5 Å². The van der Waals surface area contributed by atoms with Gasteiger partial charge in [-0.2, -0.15) is 0 Å². The Bertz CT molecular complexity index is 839. The molecule has 142 valence electrons. The minimum absolute atomic E-state index is 0.0337. The highest BCUT2D eigenvalue weighted by Crippen LogP contribution is 2.25. The lowest BCUT2D eigenvalue weighted by Crippen LogP contribution is -2.41. The Hall–Kier alpha value is -2.82. The smallest absolute Gasteiger partial charge is 0.257 e. The van der Waals surface area contributed by atoms with E-state index < -0.39 is 0 Å². The van der Waals surface area contributed by atoms with Gasteiger partial charge in [0.2, 0.25) is 5.91 Å². The molecule has 0 unspecified atom stereocenters. The molecule has 5 nitrogen and oxygen atoms in total. The fourth-order valence-corrected chi connectivity index (χ4v) is 3.53. The summed E-state index contributed by atoms with van der Waals surface area (Å²) in [4.78, 5) is 27.2. The predicted molar refractivity (Wildman–Crippen MR) is 106 cm³/mol. The minimum atomic E-state index is -0.0765. The van der Waals surface area contributed by atoms with E-state index in [9.17, 15) is 9.59 Å². The van der Waals surface area contributed by atoms with Gasteiger partial charge in [0.05, 0.1) is 12.7 Å². The molecule has 1 saturated heterocycles. The van der Waals surface area contributed by atoms with Crippen LogP contribution in [0.3, 0.4) is 0 Å². The lowest BCUT2D eigenvalue weighted by Gasteiger charge is -2.31. The summed E-state index contributed by atoms with van der Waals surface area (Å²) in [7, 11) is 1.57. The molecule has 0 spiro atoms. The fourth-order valence-electron chi connectivity index (χ4n) is 3.53. The normalized spacial score (nSPS) is 14.7. The topological polar surface area (TPSA) is 58.6 Å². The van der Waals surface area contributed by atoms with Crippen LogP contribution in [0.1, 0.15) is 34.3 Å². The molecule has 1 heterocycles. The number of ether oxygens (including phenoxy) is 1. The number of nitrogens with zero attached hydrogens (tertiary/aromatic N) is 1. The summed E-state index contributed by atoms with van der Waals surface area (Å²) in [6.45, 7) is 5.17. The molecule has 3 rings (SSSR count). The van der Waals surface area contributed by atoms with Gasteiger partial charge in [-0.1, -0.05) is 29.8 Å². The zero-order chi connectivity index (χ0) is 19.4. The Morgan fingerprint density at radius 1 is 1.07 bits per heavy atom. The van der Waals surface area contributed by atoms with Gasteiger partial charge < -0.3 is 15.0 Å². The number of amides is 2. The number of aryl methyl sites for hydroxylation is 2. The van der Waals surface area contributed by atoms with E-state index in [2.05, 4.69) is 11.4 Å². The van der Waals surface area contributed by atoms with Gasteiger partial charge >= 0.3 is 0 Å². The molecular formula is C22H26N2O3. The summed E-state index contributed by atoms with van der Waals surface area (Å²) in [5.41, 5.74) is 3.66. The van der Waals surface area contributed by atoms with Crippen molar-refractivity contribution in [2.75, 3.05) is 25.5 Å². The van der Waals surface area contributed by atoms with E-state index in [1.807, 2.05) is 38.1 Å². The average Bonchev–Trinajstić information content (AvgIpc) is 2.69. The molecule has 1 aliphatic heterocycles. The molecule has 0 aliphatic carbocycles. The molecule has 1 fully saturated rings. The van der Waals surface area contributed by atoms with Crippen molar-refractivity contribution < 1.29 is 14.3 Å². The van der Waals surface area contributed by atoms with Crippen LogP contribution in [0.25, 0.3) is 0 Å². The number of hydrogen-bond acceptors (Lipinski definition) is 3. The zero-order valence-corrected chi connectivity index (χ0v) is 16.1. The van der Waals surface area contributed by atoms with Gasteiger partial charge in [0, 0.05) is 24.7 Å². The van der Waals surface area contributed by atoms with E-state index in [4.69, 9.17) is 4.74 Å². The van der Waals surface area contributed by atoms with Crippen molar-refractivity contribution in [2.24, 2.45) is 5.92 Å². The van der Waals surface area contributed by atoms with Crippen molar-refractivity contribution in [3.05, 3.63) is 59.2 Å². The Morgan fingerprint density at radius 3 is 2.44 bits per heavy atom. The monoisotopic (exact) mass is 366 g/mol. The summed E-state index contributed by atoms with van der Waals surface area (Å²) in [6.07, 6.45) is 1.33. The van der Waals surface area contributed by atoms with Crippen LogP contribution in [-0.4, -0.2) is 36.9 Å². The van der Waals surface area contributed by atoms with Crippen LogP contribution >= 0.6 is 0 Å². The maximum Gasteiger partial charge on any atom is 0.257 e. The summed E-state index contributed by atoms with van der Waals surface area (Å²) in [5, 5.41) is 3.04. The number of anilines is 1. The van der Waals surface area contributed by atoms with Gasteiger partial charge in [0.25, 0.3) is 5.91 Å². The highest BCUT2D eigenvalue weighted by Gasteiger charge is 2.29. The molecule has 0 aromatic heterocycles. The van der Waals surface area contributed by atoms with E-state index >= 15 is 0 Å². The van der Waals surface area contributed by atoms with Crippen LogP contribution in [0.5, 0.6) is 5.75 Å². The number of methoxy groups -OCH3 is 1. The van der Waals surface area contributed by atoms with Crippen LogP contribution in [0, 0.1) is 19.8 Å². The lowest BCUT2D eigenvalue weighted by molar-refractivity contribution is -0.121. The maximum absolute atomic E-state index is 12.8. The average molecular weight is 366 g/mol. The molecule has 5 heteroatoms. The Labute approximate surface area is 160 Å². The molecule has 2 amide bonds. The van der Waals surface area contributed by atoms with Gasteiger partial charge in [-0.15, -0.1) is 0 Å². The number of piperidine rings is 1. The van der Waals surface area contributed by atoms with Crippen molar-refractivity contribution in [1.29, 1.82) is 0 Å². The molecule has 0 bridgehead atoms. The maximum atomic E-state index is 12.8. The first-order valence-corrected chi connectivity index (χ1v) is 9.30. The predicted octanol–water partition coefficient (Wildman–Crippen LogP) is 3.80. The number of carbonyl (C=O) groups excluding carboxylic acids is 2. The third kappa shape index (κ3) is 4.30. The number of nitrogens with one attached hydrogen (secondary N) is 1. The second-order valence-corrected chi connectivity index (χ2v) is 7.07. The van der Waals surface area contributed by atoms with Gasteiger partial charge in [0.1, 0.15) is 5.75 Å². The third-order valence-corrected chi connectivity index (χ3v) is 5.13. The van der Waals surface area contributed by atoms with E-state index in [1.54, 1.807) is 24.1 Å². The van der Waals surface area contributed by atoms with Crippen molar-refractivity contribution in [3.63, 3.8) is 0 Å². The largest absolute Gasteiger partial charge is 0.496 e. The molecule has 2 aromatic carbocycles. The van der Waals surface area contributed by atoms with Crippen LogP contribution in [0.2, 0.25) is 0 Å². The second kappa shape index (κ2) is 8.25. The van der Waals surface area contributed by atoms with Crippen molar-refractivity contribution in [2.45, 2.75) is 26.7 Å². The number of hydrogen-bond donors (Lipinski definition) is 1. The standard InChI is InChI=1S/C22H26N2O3/c1-15-8-9-19(16(2)14-15)23-21(25)17-10-12-24(13-11-17)22(26)18-6-4-5-7-20(18)27-3/h4-9,14,17H,10-13H2,1-3H3,(H,23,25). The Balaban J connectivity index is 1.59. The molecule has 0 radical (unpaired) electrons. The molecule has 1 aliphatic rings. The van der Waals surface area contributed by atoms with Crippen molar-refractivity contribution >= 4 is 17.5 Å². The first-order valence-electron chi connectivity index (χ1n) is 9.30. The van der Waals surface area contributed by atoms with Crippen molar-refractivity contribution in [3.8, 4) is 5.75 Å². The first-order chi connectivity index (χ1) is 13.0. The van der Waals surface area contributed by atoms with Crippen LogP contribution in [0.4, 0.5) is 5.69 Å². The van der Waals surface area contributed by atoms with Gasteiger partial charge in [-0.25, -0.2) is 0 Å². The number of benzene rings is 2. The van der Waals surface area contributed by atoms with E-state index in [1.165, 1.54) is 5.56 Å². The molecule has 2 aromatic rings. The number of para-hydroxylation sites is 1. The van der Waals surface area contributed by atoms with Crippen molar-refractivity contribution in [1.82, 2.24) is 4.90 Å². The van der Waals surface area contributed by atoms with E-state index in [0.29, 0.717) is 37.2 Å². The quantitative estimate of drug-likeness (QED) is 0.895. The summed E-state index contributed by atoms with van der Waals surface area (Å²) < 4.78 is 5.29. The zero-order valence-electron chi connectivity index (χ0n) is 16.1. The summed E-state index contributed by atoms with van der Waals surface area (Å²) in [6, 6.07) is 13.3. The van der Waals surface area contributed by atoms with E-state index in [-0.39, 0.29) is 17.7 Å². The SMILES string of the molecule is COc1ccccc1C(=O)N1CCC(C(=O)Nc2ccc(C)cc2C)CC1. The second-order valence-electron chi connectivity index (χ2n) is 7.07. The lowest BCUT2D eigenvalue weighted by atomic mass is 9.95. The highest BCUT2D eigenvalue weighted by atomic mass is 16.5. The number of rotatable bonds is 4. The Kier molecular flexibility index (Phi) is 5.79. The number of carbonyl (C=O) groups is 2. The van der Waals surface area contributed by atoms with Gasteiger partial charge in [-0.05, 0) is 50.5 Å². The minimum Gasteiger partial charge on any atom is -0.496 e. The number of likely N-dealkylation sites (tertiary alicyclic amines) is 1. The Morgan fingerprint density at radius 2 is 1.78 bits per heavy atom. The fraction of sp³-hybridized carbons (Fsp3) is 0.364. The van der Waals surface area contributed by atoms with E-state index in [0.717, 1.165) is 11.3 Å². The first kappa shape index (κ1) is 19.0. The molecular weight excluding hydrogens is 340 g/mol. The van der Waals surface area contributed by atoms with Crippen LogP contribution < -0.4 is 10.1 Å². The van der Waals surface area contributed by atoms with Gasteiger partial charge in [-0.3, -0.25) is 9.59 Å². The molecule has 0 atom stereocenters. The summed E-state index contributed by atoms with van der Waals surface area (Å²) in [5.74, 6) is 0.497. The molecule has 1 N–H and O–H groups in total. The third-order valence-electron chi connectivity index (χ3n) is 5.13. The molecule has 0 saturated carbocycles. The summed E-state index contributed by atoms with van der Waals surface area (Å²) >= 11 is 0. The van der Waals surface area contributed by atoms with Crippen LogP contribution in [-0.2, 0) is 4.79 Å².